The smallest absolute Gasteiger partial charge is 0.0483 e. The Balaban J connectivity index is 2.22. The van der Waals surface area contributed by atoms with Crippen LogP contribution in [-0.2, 0) is 7.05 Å². The zero-order valence-corrected chi connectivity index (χ0v) is 9.22. The van der Waals surface area contributed by atoms with Crippen molar-refractivity contribution in [3.05, 3.63) is 60.8 Å². The first-order valence-corrected chi connectivity index (χ1v) is 5.45. The molecule has 0 radical (unpaired) electrons. The number of fused-ring (bicyclic) bond motifs is 1. The number of aryl methyl sites for hydroxylation is 1. The van der Waals surface area contributed by atoms with Gasteiger partial charge in [0, 0.05) is 18.8 Å². The van der Waals surface area contributed by atoms with Gasteiger partial charge in [0.1, 0.15) is 0 Å². The van der Waals surface area contributed by atoms with Gasteiger partial charge in [-0.1, -0.05) is 42.5 Å². The van der Waals surface area contributed by atoms with Gasteiger partial charge in [-0.3, -0.25) is 0 Å². The number of nitrogens with zero attached hydrogens (tertiary/aromatic N) is 1. The third-order valence-electron chi connectivity index (χ3n) is 3.00. The lowest BCUT2D eigenvalue weighted by atomic mass is 10.0. The van der Waals surface area contributed by atoms with E-state index in [1.165, 1.54) is 22.0 Å². The fourth-order valence-corrected chi connectivity index (χ4v) is 2.07. The average molecular weight is 207 g/mol. The van der Waals surface area contributed by atoms with Crippen molar-refractivity contribution in [2.45, 2.75) is 0 Å². The highest BCUT2D eigenvalue weighted by atomic mass is 14.9. The Bertz CT molecular complexity index is 620. The van der Waals surface area contributed by atoms with Crippen LogP contribution in [0.15, 0.2) is 60.8 Å². The largest absolute Gasteiger partial charge is 0.351 e. The highest BCUT2D eigenvalue weighted by molar-refractivity contribution is 5.85. The minimum atomic E-state index is 1.27. The molecule has 0 unspecified atom stereocenters. The van der Waals surface area contributed by atoms with Crippen molar-refractivity contribution in [1.29, 1.82) is 0 Å². The Kier molecular flexibility index (Phi) is 2.03. The van der Waals surface area contributed by atoms with Crippen molar-refractivity contribution < 1.29 is 0 Å². The van der Waals surface area contributed by atoms with Gasteiger partial charge in [0.25, 0.3) is 0 Å². The summed E-state index contributed by atoms with van der Waals surface area (Å²) < 4.78 is 2.15. The summed E-state index contributed by atoms with van der Waals surface area (Å²) in [7, 11) is 2.08. The molecule has 0 atom stereocenters. The second kappa shape index (κ2) is 3.53. The molecule has 1 aromatic heterocycles. The van der Waals surface area contributed by atoms with Crippen molar-refractivity contribution in [2.24, 2.45) is 7.05 Å². The summed E-state index contributed by atoms with van der Waals surface area (Å²) >= 11 is 0. The zero-order chi connectivity index (χ0) is 11.0. The van der Waals surface area contributed by atoms with Crippen LogP contribution in [-0.4, -0.2) is 4.57 Å². The highest BCUT2D eigenvalue weighted by Gasteiger charge is 2.01. The van der Waals surface area contributed by atoms with Crippen LogP contribution in [0.3, 0.4) is 0 Å². The van der Waals surface area contributed by atoms with E-state index >= 15 is 0 Å². The fraction of sp³-hybridized carbons (Fsp3) is 0.0667. The molecule has 0 saturated heterocycles. The van der Waals surface area contributed by atoms with E-state index in [2.05, 4.69) is 66.3 Å². The molecule has 0 aliphatic rings. The minimum Gasteiger partial charge on any atom is -0.351 e. The SMILES string of the molecule is Cn1ccc2ccc(-c3ccccc3)cc21. The van der Waals surface area contributed by atoms with Gasteiger partial charge in [0.2, 0.25) is 0 Å². The summed E-state index contributed by atoms with van der Waals surface area (Å²) in [5.41, 5.74) is 3.82. The molecule has 1 heterocycles. The predicted molar refractivity (Wildman–Crippen MR) is 68.4 cm³/mol. The molecular formula is C15H13N. The van der Waals surface area contributed by atoms with Gasteiger partial charge in [0.05, 0.1) is 0 Å². The first kappa shape index (κ1) is 9.22. The molecule has 0 fully saturated rings. The Labute approximate surface area is 95.0 Å². The Morgan fingerprint density at radius 2 is 1.62 bits per heavy atom. The Morgan fingerprint density at radius 1 is 0.812 bits per heavy atom. The quantitative estimate of drug-likeness (QED) is 0.571. The lowest BCUT2D eigenvalue weighted by molar-refractivity contribution is 0.969. The summed E-state index contributed by atoms with van der Waals surface area (Å²) in [6.45, 7) is 0. The zero-order valence-electron chi connectivity index (χ0n) is 9.22. The molecule has 0 bridgehead atoms. The number of hydrogen-bond donors (Lipinski definition) is 0. The second-order valence-electron chi connectivity index (χ2n) is 4.07. The van der Waals surface area contributed by atoms with Gasteiger partial charge in [-0.05, 0) is 28.6 Å². The fourth-order valence-electron chi connectivity index (χ4n) is 2.07. The molecule has 0 aliphatic carbocycles. The topological polar surface area (TPSA) is 4.93 Å². The lowest BCUT2D eigenvalue weighted by Gasteiger charge is -2.03. The van der Waals surface area contributed by atoms with E-state index in [0.717, 1.165) is 0 Å². The van der Waals surface area contributed by atoms with E-state index in [-0.39, 0.29) is 0 Å². The van der Waals surface area contributed by atoms with E-state index in [1.807, 2.05) is 6.07 Å². The van der Waals surface area contributed by atoms with Crippen LogP contribution >= 0.6 is 0 Å². The molecule has 1 heteroatoms. The minimum absolute atomic E-state index is 1.27. The monoisotopic (exact) mass is 207 g/mol. The Morgan fingerprint density at radius 3 is 2.44 bits per heavy atom. The number of aromatic nitrogens is 1. The molecule has 78 valence electrons. The van der Waals surface area contributed by atoms with Gasteiger partial charge >= 0.3 is 0 Å². The average Bonchev–Trinajstić information content (AvgIpc) is 2.72. The van der Waals surface area contributed by atoms with E-state index in [9.17, 15) is 0 Å². The molecule has 0 spiro atoms. The van der Waals surface area contributed by atoms with E-state index in [1.54, 1.807) is 0 Å². The standard InChI is InChI=1S/C15H13N/c1-16-10-9-13-7-8-14(11-15(13)16)12-5-3-2-4-6-12/h2-11H,1H3. The molecule has 3 rings (SSSR count). The molecule has 1 nitrogen and oxygen atoms in total. The summed E-state index contributed by atoms with van der Waals surface area (Å²) in [5.74, 6) is 0. The Hall–Kier alpha value is -2.02. The van der Waals surface area contributed by atoms with E-state index in [4.69, 9.17) is 0 Å². The van der Waals surface area contributed by atoms with Crippen LogP contribution in [0.5, 0.6) is 0 Å². The van der Waals surface area contributed by atoms with Gasteiger partial charge in [0.15, 0.2) is 0 Å². The lowest BCUT2D eigenvalue weighted by Crippen LogP contribution is -1.84. The molecule has 0 amide bonds. The molecule has 0 saturated carbocycles. The molecule has 3 aromatic rings. The van der Waals surface area contributed by atoms with Crippen LogP contribution in [0, 0.1) is 0 Å². The molecule has 0 N–H and O–H groups in total. The van der Waals surface area contributed by atoms with Gasteiger partial charge < -0.3 is 4.57 Å². The maximum absolute atomic E-state index is 2.24. The predicted octanol–water partition coefficient (Wildman–Crippen LogP) is 3.85. The van der Waals surface area contributed by atoms with Gasteiger partial charge in [-0.25, -0.2) is 0 Å². The van der Waals surface area contributed by atoms with Crippen molar-refractivity contribution >= 4 is 10.9 Å². The van der Waals surface area contributed by atoms with Gasteiger partial charge in [-0.15, -0.1) is 0 Å². The number of benzene rings is 2. The number of rotatable bonds is 1. The van der Waals surface area contributed by atoms with Crippen molar-refractivity contribution in [3.8, 4) is 11.1 Å². The van der Waals surface area contributed by atoms with Gasteiger partial charge in [-0.2, -0.15) is 0 Å². The molecule has 2 aromatic carbocycles. The summed E-state index contributed by atoms with van der Waals surface area (Å²) in [5, 5.41) is 1.29. The summed E-state index contributed by atoms with van der Waals surface area (Å²) in [4.78, 5) is 0. The third kappa shape index (κ3) is 1.41. The van der Waals surface area contributed by atoms with Crippen LogP contribution in [0.25, 0.3) is 22.0 Å². The normalized spacial score (nSPS) is 10.8. The summed E-state index contributed by atoms with van der Waals surface area (Å²) in [6, 6.07) is 19.2. The molecule has 0 aliphatic heterocycles. The van der Waals surface area contributed by atoms with E-state index in [0.29, 0.717) is 0 Å². The van der Waals surface area contributed by atoms with Crippen molar-refractivity contribution in [1.82, 2.24) is 4.57 Å². The van der Waals surface area contributed by atoms with Crippen molar-refractivity contribution in [2.75, 3.05) is 0 Å². The highest BCUT2D eigenvalue weighted by Crippen LogP contribution is 2.24. The first-order chi connectivity index (χ1) is 7.84. The van der Waals surface area contributed by atoms with Crippen LogP contribution in [0.2, 0.25) is 0 Å². The third-order valence-corrected chi connectivity index (χ3v) is 3.00. The first-order valence-electron chi connectivity index (χ1n) is 5.45. The van der Waals surface area contributed by atoms with E-state index < -0.39 is 0 Å². The van der Waals surface area contributed by atoms with Crippen LogP contribution in [0.1, 0.15) is 0 Å². The molecule has 16 heavy (non-hydrogen) atoms. The second-order valence-corrected chi connectivity index (χ2v) is 4.07. The maximum atomic E-state index is 2.24. The van der Waals surface area contributed by atoms with Crippen LogP contribution < -0.4 is 0 Å². The summed E-state index contributed by atoms with van der Waals surface area (Å²) in [6.07, 6.45) is 2.10. The van der Waals surface area contributed by atoms with Crippen LogP contribution in [0.4, 0.5) is 0 Å². The maximum Gasteiger partial charge on any atom is 0.0483 e. The number of hydrogen-bond acceptors (Lipinski definition) is 0. The van der Waals surface area contributed by atoms with Crippen molar-refractivity contribution in [3.63, 3.8) is 0 Å². The molecular weight excluding hydrogens is 194 g/mol.